The summed E-state index contributed by atoms with van der Waals surface area (Å²) in [5, 5.41) is 6.30. The third kappa shape index (κ3) is 6.73. The van der Waals surface area contributed by atoms with Crippen molar-refractivity contribution in [2.24, 2.45) is 5.29 Å². The first kappa shape index (κ1) is 26.0. The van der Waals surface area contributed by atoms with Crippen molar-refractivity contribution in [3.05, 3.63) is 76.2 Å². The molecule has 9 heteroatoms. The van der Waals surface area contributed by atoms with E-state index in [0.717, 1.165) is 42.2 Å². The topological polar surface area (TPSA) is 65.0 Å². The minimum absolute atomic E-state index is 0.0219. The maximum Gasteiger partial charge on any atom is 0.340 e. The molecule has 0 radical (unpaired) electrons. The molecule has 0 saturated carbocycles. The summed E-state index contributed by atoms with van der Waals surface area (Å²) in [5.41, 5.74) is 0.826. The first-order valence-electron chi connectivity index (χ1n) is 11.7. The summed E-state index contributed by atoms with van der Waals surface area (Å²) in [5.74, 6) is -0.670. The third-order valence-corrected chi connectivity index (χ3v) is 6.66. The molecule has 1 heterocycles. The highest BCUT2D eigenvalue weighted by atomic mass is 35.5. The van der Waals surface area contributed by atoms with Gasteiger partial charge in [-0.15, -0.1) is 16.5 Å². The summed E-state index contributed by atoms with van der Waals surface area (Å²) in [6.45, 7) is 3.13. The zero-order chi connectivity index (χ0) is 24.4. The second kappa shape index (κ2) is 12.8. The number of hydrogen-bond acceptors (Lipinski definition) is 4. The number of carbonyl (C=O) groups excluding carboxylic acids is 1. The Kier molecular flexibility index (Phi) is 9.77. The summed E-state index contributed by atoms with van der Waals surface area (Å²) < 4.78 is 27.6. The molecule has 0 atom stereocenters. The lowest BCUT2D eigenvalue weighted by Gasteiger charge is -2.37. The number of alkyl halides is 1. The summed E-state index contributed by atoms with van der Waals surface area (Å²) in [6.07, 6.45) is 5.08. The average Bonchev–Trinajstić information content (AvgIpc) is 2.86. The van der Waals surface area contributed by atoms with Crippen LogP contribution >= 0.6 is 11.6 Å². The van der Waals surface area contributed by atoms with Crippen LogP contribution in [-0.4, -0.2) is 54.5 Å². The zero-order valence-corrected chi connectivity index (χ0v) is 19.9. The Morgan fingerprint density at radius 3 is 2.06 bits per heavy atom. The van der Waals surface area contributed by atoms with Gasteiger partial charge in [-0.2, -0.15) is 5.01 Å². The molecule has 1 fully saturated rings. The van der Waals surface area contributed by atoms with E-state index in [1.807, 2.05) is 0 Å². The molecule has 2 amide bonds. The molecule has 6 nitrogen and oxygen atoms in total. The summed E-state index contributed by atoms with van der Waals surface area (Å²) >= 11 is 5.68. The maximum atomic E-state index is 13.8. The number of likely N-dealkylation sites (tertiary alicyclic amines) is 1. The first-order chi connectivity index (χ1) is 16.5. The Balaban J connectivity index is 1.92. The van der Waals surface area contributed by atoms with Crippen LogP contribution < -0.4 is 5.32 Å². The molecule has 0 spiro atoms. The van der Waals surface area contributed by atoms with E-state index < -0.39 is 11.4 Å². The summed E-state index contributed by atoms with van der Waals surface area (Å²) in [4.78, 5) is 26.2. The number of nitroso groups, excluding NO2 is 1. The lowest BCUT2D eigenvalue weighted by Crippen LogP contribution is -2.46. The second-order valence-corrected chi connectivity index (χ2v) is 9.03. The van der Waals surface area contributed by atoms with Gasteiger partial charge in [0.15, 0.2) is 0 Å². The smallest absolute Gasteiger partial charge is 0.335 e. The molecule has 3 rings (SSSR count). The molecule has 184 valence electrons. The Bertz CT molecular complexity index is 876. The number of hydrogen-bond donors (Lipinski definition) is 1. The molecule has 34 heavy (non-hydrogen) atoms. The van der Waals surface area contributed by atoms with Crippen LogP contribution in [0, 0.1) is 16.5 Å². The van der Waals surface area contributed by atoms with Crippen LogP contribution in [0.1, 0.15) is 43.2 Å². The quantitative estimate of drug-likeness (QED) is 0.258. The van der Waals surface area contributed by atoms with E-state index in [1.54, 1.807) is 24.3 Å². The molecule has 0 aliphatic carbocycles. The Morgan fingerprint density at radius 2 is 1.56 bits per heavy atom. The normalized spacial score (nSPS) is 14.6. The highest BCUT2D eigenvalue weighted by Gasteiger charge is 2.35. The fourth-order valence-corrected chi connectivity index (χ4v) is 4.81. The summed E-state index contributed by atoms with van der Waals surface area (Å²) in [7, 11) is 0. The fraction of sp³-hybridized carbons (Fsp3) is 0.480. The molecule has 1 aliphatic rings. The molecular formula is C25H31ClF2N4O2. The van der Waals surface area contributed by atoms with Crippen molar-refractivity contribution < 1.29 is 13.6 Å². The fourth-order valence-electron chi connectivity index (χ4n) is 4.65. The highest BCUT2D eigenvalue weighted by Crippen LogP contribution is 2.37. The number of nitrogens with one attached hydrogen (secondary N) is 1. The number of carbonyl (C=O) groups is 1. The minimum atomic E-state index is -0.762. The molecule has 0 aromatic heterocycles. The lowest BCUT2D eigenvalue weighted by molar-refractivity contribution is 0.197. The van der Waals surface area contributed by atoms with Gasteiger partial charge in [-0.05, 0) is 80.7 Å². The monoisotopic (exact) mass is 492 g/mol. The number of urea groups is 1. The van der Waals surface area contributed by atoms with Gasteiger partial charge in [-0.3, -0.25) is 0 Å². The molecule has 2 aromatic carbocycles. The van der Waals surface area contributed by atoms with Crippen molar-refractivity contribution in [1.29, 1.82) is 0 Å². The van der Waals surface area contributed by atoms with Crippen molar-refractivity contribution in [3.8, 4) is 0 Å². The van der Waals surface area contributed by atoms with Gasteiger partial charge in [-0.1, -0.05) is 30.7 Å². The minimum Gasteiger partial charge on any atom is -0.335 e. The van der Waals surface area contributed by atoms with Crippen molar-refractivity contribution in [2.75, 3.05) is 38.6 Å². The van der Waals surface area contributed by atoms with Crippen molar-refractivity contribution in [1.82, 2.24) is 15.2 Å². The molecule has 1 N–H and O–H groups in total. The van der Waals surface area contributed by atoms with Gasteiger partial charge in [0.2, 0.25) is 0 Å². The predicted octanol–water partition coefficient (Wildman–Crippen LogP) is 5.45. The number of nitrogens with zero attached hydrogens (tertiary/aromatic N) is 3. The van der Waals surface area contributed by atoms with Crippen LogP contribution in [0.5, 0.6) is 0 Å². The number of halogens is 3. The highest BCUT2D eigenvalue weighted by molar-refractivity contribution is 6.18. The van der Waals surface area contributed by atoms with E-state index in [2.05, 4.69) is 15.5 Å². The maximum absolute atomic E-state index is 13.8. The van der Waals surface area contributed by atoms with Gasteiger partial charge in [0.1, 0.15) is 11.6 Å². The van der Waals surface area contributed by atoms with Gasteiger partial charge in [-0.25, -0.2) is 13.6 Å². The Labute approximate surface area is 204 Å². The van der Waals surface area contributed by atoms with E-state index in [0.29, 0.717) is 6.42 Å². The van der Waals surface area contributed by atoms with E-state index in [-0.39, 0.29) is 30.6 Å². The van der Waals surface area contributed by atoms with Crippen LogP contribution in [0.15, 0.2) is 53.8 Å². The third-order valence-electron chi connectivity index (χ3n) is 6.49. The average molecular weight is 493 g/mol. The molecule has 0 unspecified atom stereocenters. The van der Waals surface area contributed by atoms with E-state index in [1.165, 1.54) is 43.5 Å². The van der Waals surface area contributed by atoms with Gasteiger partial charge >= 0.3 is 6.03 Å². The van der Waals surface area contributed by atoms with Gasteiger partial charge < -0.3 is 10.2 Å². The largest absolute Gasteiger partial charge is 0.340 e. The van der Waals surface area contributed by atoms with Crippen molar-refractivity contribution in [3.63, 3.8) is 0 Å². The number of rotatable bonds is 11. The molecule has 1 saturated heterocycles. The number of benzene rings is 2. The SMILES string of the molecule is O=NN(CCCl)C(=O)NCC(CCCN1CCCCC1)(c1ccc(F)cc1)c1ccc(F)cc1. The zero-order valence-electron chi connectivity index (χ0n) is 19.2. The van der Waals surface area contributed by atoms with Gasteiger partial charge in [0.25, 0.3) is 0 Å². The van der Waals surface area contributed by atoms with Crippen LogP contribution in [0.2, 0.25) is 0 Å². The van der Waals surface area contributed by atoms with E-state index >= 15 is 0 Å². The van der Waals surface area contributed by atoms with Gasteiger partial charge in [0, 0.05) is 17.8 Å². The summed E-state index contributed by atoms with van der Waals surface area (Å²) in [6, 6.07) is 11.6. The van der Waals surface area contributed by atoms with Crippen LogP contribution in [0.25, 0.3) is 0 Å². The van der Waals surface area contributed by atoms with Crippen LogP contribution in [0.3, 0.4) is 0 Å². The second-order valence-electron chi connectivity index (χ2n) is 8.65. The van der Waals surface area contributed by atoms with Crippen LogP contribution in [0.4, 0.5) is 13.6 Å². The van der Waals surface area contributed by atoms with Crippen molar-refractivity contribution in [2.45, 2.75) is 37.5 Å². The number of amides is 2. The standard InChI is InChI=1S/C25H31ClF2N4O2/c26-14-18-32(30-34)24(33)29-19-25(20-5-9-22(27)10-6-20,21-7-11-23(28)12-8-21)13-4-17-31-15-2-1-3-16-31/h5-12H,1-4,13-19H2,(H,29,33). The van der Waals surface area contributed by atoms with Crippen LogP contribution in [-0.2, 0) is 5.41 Å². The Hall–Kier alpha value is -2.58. The number of piperidine rings is 1. The molecule has 0 bridgehead atoms. The Morgan fingerprint density at radius 1 is 1.00 bits per heavy atom. The van der Waals surface area contributed by atoms with E-state index in [4.69, 9.17) is 11.6 Å². The van der Waals surface area contributed by atoms with E-state index in [9.17, 15) is 18.5 Å². The molecule has 2 aromatic rings. The van der Waals surface area contributed by atoms with Crippen molar-refractivity contribution >= 4 is 17.6 Å². The lowest BCUT2D eigenvalue weighted by atomic mass is 9.71. The van der Waals surface area contributed by atoms with Gasteiger partial charge in [0.05, 0.1) is 11.8 Å². The predicted molar refractivity (Wildman–Crippen MR) is 130 cm³/mol. The molecule has 1 aliphatic heterocycles. The first-order valence-corrected chi connectivity index (χ1v) is 12.2. The molecular weight excluding hydrogens is 462 g/mol.